The molecule has 116 valence electrons. The van der Waals surface area contributed by atoms with Crippen molar-refractivity contribution in [3.05, 3.63) is 63.1 Å². The molecule has 23 heavy (non-hydrogen) atoms. The molecule has 1 aliphatic heterocycles. The molecule has 0 unspecified atom stereocenters. The van der Waals surface area contributed by atoms with E-state index in [9.17, 15) is 0 Å². The summed E-state index contributed by atoms with van der Waals surface area (Å²) in [6.07, 6.45) is 0.912. The number of halogens is 3. The van der Waals surface area contributed by atoms with E-state index in [1.165, 1.54) is 5.56 Å². The van der Waals surface area contributed by atoms with E-state index in [-0.39, 0.29) is 0 Å². The summed E-state index contributed by atoms with van der Waals surface area (Å²) in [5.41, 5.74) is 3.85. The molecule has 2 heterocycles. The van der Waals surface area contributed by atoms with Crippen LogP contribution in [0.25, 0.3) is 16.9 Å². The second-order valence-corrected chi connectivity index (χ2v) is 6.57. The Kier molecular flexibility index (Phi) is 3.72. The van der Waals surface area contributed by atoms with Gasteiger partial charge in [0.1, 0.15) is 5.82 Å². The van der Waals surface area contributed by atoms with Crippen LogP contribution in [-0.2, 0) is 6.42 Å². The van der Waals surface area contributed by atoms with E-state index in [0.29, 0.717) is 15.1 Å². The van der Waals surface area contributed by atoms with Crippen molar-refractivity contribution in [2.75, 3.05) is 11.9 Å². The fourth-order valence-electron chi connectivity index (χ4n) is 2.87. The van der Waals surface area contributed by atoms with Gasteiger partial charge in [-0.2, -0.15) is 5.10 Å². The molecule has 1 N–H and O–H groups in total. The zero-order valence-corrected chi connectivity index (χ0v) is 14.3. The Morgan fingerprint density at radius 1 is 1.04 bits per heavy atom. The molecule has 0 bridgehead atoms. The van der Waals surface area contributed by atoms with Crippen molar-refractivity contribution in [3.8, 4) is 16.9 Å². The highest BCUT2D eigenvalue weighted by atomic mass is 35.5. The van der Waals surface area contributed by atoms with Gasteiger partial charge < -0.3 is 5.32 Å². The Morgan fingerprint density at radius 2 is 1.87 bits per heavy atom. The summed E-state index contributed by atoms with van der Waals surface area (Å²) in [5.74, 6) is 0.962. The van der Waals surface area contributed by atoms with E-state index < -0.39 is 0 Å². The summed E-state index contributed by atoms with van der Waals surface area (Å²) in [6.45, 7) is 0.874. The van der Waals surface area contributed by atoms with E-state index in [4.69, 9.17) is 39.9 Å². The average Bonchev–Trinajstić information content (AvgIpc) is 3.12. The van der Waals surface area contributed by atoms with Crippen molar-refractivity contribution in [3.63, 3.8) is 0 Å². The van der Waals surface area contributed by atoms with Gasteiger partial charge in [-0.25, -0.2) is 4.68 Å². The number of nitrogens with zero attached hydrogens (tertiary/aromatic N) is 2. The first-order chi connectivity index (χ1) is 11.1. The van der Waals surface area contributed by atoms with Crippen molar-refractivity contribution >= 4 is 40.6 Å². The number of anilines is 1. The topological polar surface area (TPSA) is 29.9 Å². The molecule has 3 aromatic rings. The number of benzene rings is 2. The highest BCUT2D eigenvalue weighted by molar-refractivity contribution is 6.43. The van der Waals surface area contributed by atoms with Crippen LogP contribution in [0.1, 0.15) is 5.56 Å². The molecule has 2 aromatic carbocycles. The standard InChI is InChI=1S/C17H12Cl3N3/c18-11-4-1-3-10(9-11)16-12-7-8-21-17(12)23(22-16)14-6-2-5-13(19)15(14)20/h1-6,9,21H,7-8H2. The number of hydrogen-bond acceptors (Lipinski definition) is 2. The van der Waals surface area contributed by atoms with E-state index >= 15 is 0 Å². The van der Waals surface area contributed by atoms with Crippen molar-refractivity contribution < 1.29 is 0 Å². The Balaban J connectivity index is 1.93. The van der Waals surface area contributed by atoms with Crippen LogP contribution in [0.15, 0.2) is 42.5 Å². The second-order valence-electron chi connectivity index (χ2n) is 5.35. The molecule has 0 radical (unpaired) electrons. The van der Waals surface area contributed by atoms with Crippen LogP contribution in [-0.4, -0.2) is 16.3 Å². The van der Waals surface area contributed by atoms with Crippen LogP contribution in [0, 0.1) is 0 Å². The number of fused-ring (bicyclic) bond motifs is 1. The number of hydrogen-bond donors (Lipinski definition) is 1. The van der Waals surface area contributed by atoms with E-state index in [1.807, 2.05) is 41.1 Å². The smallest absolute Gasteiger partial charge is 0.133 e. The van der Waals surface area contributed by atoms with Gasteiger partial charge in [-0.1, -0.05) is 53.0 Å². The van der Waals surface area contributed by atoms with Crippen LogP contribution >= 0.6 is 34.8 Å². The first kappa shape index (κ1) is 14.9. The maximum atomic E-state index is 6.37. The molecular formula is C17H12Cl3N3. The molecule has 6 heteroatoms. The van der Waals surface area contributed by atoms with Crippen LogP contribution in [0.5, 0.6) is 0 Å². The maximum absolute atomic E-state index is 6.37. The molecule has 0 saturated heterocycles. The van der Waals surface area contributed by atoms with E-state index in [2.05, 4.69) is 5.32 Å². The highest BCUT2D eigenvalue weighted by Gasteiger charge is 2.25. The van der Waals surface area contributed by atoms with E-state index in [1.54, 1.807) is 6.07 Å². The summed E-state index contributed by atoms with van der Waals surface area (Å²) in [5, 5.41) is 9.85. The SMILES string of the molecule is Clc1cccc(-c2nn(-c3cccc(Cl)c3Cl)c3c2CCN3)c1. The fourth-order valence-corrected chi connectivity index (χ4v) is 3.44. The average molecular weight is 365 g/mol. The Hall–Kier alpha value is -1.68. The van der Waals surface area contributed by atoms with Gasteiger partial charge in [0.15, 0.2) is 0 Å². The van der Waals surface area contributed by atoms with Crippen molar-refractivity contribution in [1.82, 2.24) is 9.78 Å². The van der Waals surface area contributed by atoms with Gasteiger partial charge in [0.05, 0.1) is 21.4 Å². The minimum absolute atomic E-state index is 0.491. The van der Waals surface area contributed by atoms with Gasteiger partial charge in [0.2, 0.25) is 0 Å². The van der Waals surface area contributed by atoms with Crippen LogP contribution in [0.2, 0.25) is 15.1 Å². The number of aromatic nitrogens is 2. The predicted octanol–water partition coefficient (Wildman–Crippen LogP) is 5.47. The molecule has 0 atom stereocenters. The van der Waals surface area contributed by atoms with Gasteiger partial charge in [0, 0.05) is 22.7 Å². The minimum Gasteiger partial charge on any atom is -0.369 e. The third-order valence-electron chi connectivity index (χ3n) is 3.91. The van der Waals surface area contributed by atoms with Crippen LogP contribution < -0.4 is 5.32 Å². The normalized spacial score (nSPS) is 13.0. The van der Waals surface area contributed by atoms with E-state index in [0.717, 1.165) is 35.7 Å². The molecule has 4 rings (SSSR count). The van der Waals surface area contributed by atoms with Crippen LogP contribution in [0.3, 0.4) is 0 Å². The molecule has 0 aliphatic carbocycles. The first-order valence-corrected chi connectivity index (χ1v) is 8.34. The van der Waals surface area contributed by atoms with Gasteiger partial charge >= 0.3 is 0 Å². The maximum Gasteiger partial charge on any atom is 0.133 e. The minimum atomic E-state index is 0.491. The lowest BCUT2D eigenvalue weighted by Gasteiger charge is -2.09. The van der Waals surface area contributed by atoms with Crippen molar-refractivity contribution in [1.29, 1.82) is 0 Å². The molecule has 0 amide bonds. The third kappa shape index (κ3) is 2.49. The quantitative estimate of drug-likeness (QED) is 0.653. The highest BCUT2D eigenvalue weighted by Crippen LogP contribution is 2.38. The van der Waals surface area contributed by atoms with Gasteiger partial charge in [-0.15, -0.1) is 0 Å². The molecule has 1 aromatic heterocycles. The largest absolute Gasteiger partial charge is 0.369 e. The summed E-state index contributed by atoms with van der Waals surface area (Å²) in [6, 6.07) is 13.3. The molecule has 0 saturated carbocycles. The zero-order chi connectivity index (χ0) is 16.0. The molecule has 1 aliphatic rings. The molecule has 0 spiro atoms. The Morgan fingerprint density at radius 3 is 2.70 bits per heavy atom. The van der Waals surface area contributed by atoms with Gasteiger partial charge in [-0.3, -0.25) is 0 Å². The van der Waals surface area contributed by atoms with Crippen molar-refractivity contribution in [2.24, 2.45) is 0 Å². The number of rotatable bonds is 2. The monoisotopic (exact) mass is 363 g/mol. The summed E-state index contributed by atoms with van der Waals surface area (Å²) in [4.78, 5) is 0. The van der Waals surface area contributed by atoms with Crippen LogP contribution in [0.4, 0.5) is 5.82 Å². The van der Waals surface area contributed by atoms with Gasteiger partial charge in [-0.05, 0) is 30.7 Å². The molecular weight excluding hydrogens is 353 g/mol. The van der Waals surface area contributed by atoms with Gasteiger partial charge in [0.25, 0.3) is 0 Å². The lowest BCUT2D eigenvalue weighted by Crippen LogP contribution is -2.05. The second kappa shape index (κ2) is 5.75. The first-order valence-electron chi connectivity index (χ1n) is 7.21. The lowest BCUT2D eigenvalue weighted by molar-refractivity contribution is 0.883. The summed E-state index contributed by atoms with van der Waals surface area (Å²) >= 11 is 18.6. The zero-order valence-electron chi connectivity index (χ0n) is 12.0. The molecule has 0 fully saturated rings. The fraction of sp³-hybridized carbons (Fsp3) is 0.118. The third-order valence-corrected chi connectivity index (χ3v) is 4.95. The predicted molar refractivity (Wildman–Crippen MR) is 96.2 cm³/mol. The summed E-state index contributed by atoms with van der Waals surface area (Å²) < 4.78 is 1.83. The number of nitrogens with one attached hydrogen (secondary N) is 1. The van der Waals surface area contributed by atoms with Crippen molar-refractivity contribution in [2.45, 2.75) is 6.42 Å². The molecule has 3 nitrogen and oxygen atoms in total. The summed E-state index contributed by atoms with van der Waals surface area (Å²) in [7, 11) is 0. The Labute approximate surface area is 148 Å². The Bertz CT molecular complexity index is 902. The lowest BCUT2D eigenvalue weighted by atomic mass is 10.1.